The lowest BCUT2D eigenvalue weighted by Gasteiger charge is -2.30. The number of carbonyl (C=O) groups is 5. The highest BCUT2D eigenvalue weighted by Crippen LogP contribution is 2.33. The van der Waals surface area contributed by atoms with Crippen molar-refractivity contribution in [1.29, 1.82) is 0 Å². The van der Waals surface area contributed by atoms with Crippen molar-refractivity contribution in [3.63, 3.8) is 0 Å². The van der Waals surface area contributed by atoms with E-state index in [1.165, 1.54) is 39.0 Å². The molecule has 2 rings (SSSR count). The minimum absolute atomic E-state index is 0.00383. The van der Waals surface area contributed by atoms with E-state index in [-0.39, 0.29) is 40.9 Å². The van der Waals surface area contributed by atoms with Gasteiger partial charge in [-0.1, -0.05) is 49.0 Å². The molecule has 0 bridgehead atoms. The third kappa shape index (κ3) is 11.8. The van der Waals surface area contributed by atoms with E-state index in [9.17, 15) is 39.3 Å². The van der Waals surface area contributed by atoms with Crippen LogP contribution < -0.4 is 4.74 Å². The third-order valence-electron chi connectivity index (χ3n) is 6.56. The van der Waals surface area contributed by atoms with E-state index in [1.54, 1.807) is 0 Å². The zero-order valence-electron chi connectivity index (χ0n) is 26.9. The molecule has 0 saturated heterocycles. The molecule has 0 amide bonds. The predicted molar refractivity (Wildman–Crippen MR) is 172 cm³/mol. The van der Waals surface area contributed by atoms with E-state index < -0.39 is 59.5 Å². The van der Waals surface area contributed by atoms with Gasteiger partial charge in [0.2, 0.25) is 5.78 Å². The number of carboxylic acids is 1. The topological polar surface area (TPSA) is 194 Å². The number of hydrogen-bond donors (Lipinski definition) is 4. The number of aliphatic hydroxyl groups is 1. The van der Waals surface area contributed by atoms with Crippen molar-refractivity contribution in [2.75, 3.05) is 0 Å². The molecule has 4 N–H and O–H groups in total. The summed E-state index contributed by atoms with van der Waals surface area (Å²) in [4.78, 5) is 59.8. The van der Waals surface area contributed by atoms with Crippen LogP contribution in [0.4, 0.5) is 0 Å². The maximum Gasteiger partial charge on any atom is 0.334 e. The van der Waals surface area contributed by atoms with Crippen LogP contribution in [0, 0.1) is 23.7 Å². The summed E-state index contributed by atoms with van der Waals surface area (Å²) < 4.78 is 15.4. The van der Waals surface area contributed by atoms with Crippen LogP contribution in [0.3, 0.4) is 0 Å². The number of carbonyl (C=O) groups excluding carboxylic acids is 4. The number of allylic oxidation sites excluding steroid dienone is 4. The van der Waals surface area contributed by atoms with Gasteiger partial charge in [-0.2, -0.15) is 0 Å². The van der Waals surface area contributed by atoms with Gasteiger partial charge < -0.3 is 34.6 Å². The maximum absolute atomic E-state index is 13.2. The first-order valence-electron chi connectivity index (χ1n) is 14.5. The Morgan fingerprint density at radius 2 is 1.46 bits per heavy atom. The summed E-state index contributed by atoms with van der Waals surface area (Å²) in [5.74, 6) is 5.46. The van der Waals surface area contributed by atoms with Crippen LogP contribution in [-0.2, 0) is 33.4 Å². The standard InChI is InChI=1S/C36H36O12/c1-20(9-7-11-22(3)35(43)44)14-16-27-18-30(47-25(6)38)33(42)34(32(27)41)48-36(45)23(4)12-8-10-21(2)13-15-26-17-28(46-24(5)37)19-29(39)31(26)40/h11-12,17-19,30,33-34,39-40,42H,1-2,7-10H2,3-6H3,(H,43,44). The third-order valence-corrected chi connectivity index (χ3v) is 6.56. The zero-order valence-corrected chi connectivity index (χ0v) is 26.9. The number of phenolic OH excluding ortho intramolecular Hbond substituents is 2. The van der Waals surface area contributed by atoms with E-state index in [0.717, 1.165) is 19.1 Å². The summed E-state index contributed by atoms with van der Waals surface area (Å²) in [6, 6.07) is 2.34. The Kier molecular flexibility index (Phi) is 14.2. The molecule has 0 heterocycles. The highest BCUT2D eigenvalue weighted by molar-refractivity contribution is 6.05. The van der Waals surface area contributed by atoms with Crippen LogP contribution in [0.5, 0.6) is 17.2 Å². The van der Waals surface area contributed by atoms with Crippen molar-refractivity contribution in [3.05, 3.63) is 76.9 Å². The Morgan fingerprint density at radius 3 is 2.02 bits per heavy atom. The fraction of sp³-hybridized carbons (Fsp3) is 0.306. The average molecular weight is 661 g/mol. The normalized spacial score (nSPS) is 17.4. The van der Waals surface area contributed by atoms with Crippen molar-refractivity contribution in [1.82, 2.24) is 0 Å². The van der Waals surface area contributed by atoms with Gasteiger partial charge in [0.1, 0.15) is 11.9 Å². The summed E-state index contributed by atoms with van der Waals surface area (Å²) in [7, 11) is 0. The van der Waals surface area contributed by atoms with E-state index >= 15 is 0 Å². The second-order valence-electron chi connectivity index (χ2n) is 10.6. The van der Waals surface area contributed by atoms with Crippen molar-refractivity contribution >= 4 is 29.7 Å². The van der Waals surface area contributed by atoms with Gasteiger partial charge in [-0.15, -0.1) is 0 Å². The molecule has 0 saturated carbocycles. The molecule has 0 spiro atoms. The molecule has 0 radical (unpaired) electrons. The Balaban J connectivity index is 2.11. The molecule has 1 aromatic carbocycles. The number of aliphatic hydroxyl groups excluding tert-OH is 1. The van der Waals surface area contributed by atoms with Gasteiger partial charge >= 0.3 is 23.9 Å². The molecule has 3 atom stereocenters. The lowest BCUT2D eigenvalue weighted by molar-refractivity contribution is -0.168. The Hall–Kier alpha value is -5.85. The van der Waals surface area contributed by atoms with Gasteiger partial charge in [-0.05, 0) is 56.8 Å². The molecule has 0 aromatic heterocycles. The molecule has 0 fully saturated rings. The molecular weight excluding hydrogens is 624 g/mol. The number of carboxylic acid groups (broad SMARTS) is 1. The first-order valence-corrected chi connectivity index (χ1v) is 14.5. The molecule has 1 aliphatic carbocycles. The largest absolute Gasteiger partial charge is 0.504 e. The molecular formula is C36H36O12. The lowest BCUT2D eigenvalue weighted by Crippen LogP contribution is -2.49. The Morgan fingerprint density at radius 1 is 0.875 bits per heavy atom. The van der Waals surface area contributed by atoms with Crippen LogP contribution in [0.2, 0.25) is 0 Å². The number of hydrogen-bond acceptors (Lipinski definition) is 11. The number of ether oxygens (including phenoxy) is 3. The highest BCUT2D eigenvalue weighted by Gasteiger charge is 2.42. The zero-order chi connectivity index (χ0) is 36.1. The molecule has 48 heavy (non-hydrogen) atoms. The van der Waals surface area contributed by atoms with Crippen LogP contribution in [0.1, 0.15) is 58.9 Å². The minimum Gasteiger partial charge on any atom is -0.504 e. The van der Waals surface area contributed by atoms with Crippen molar-refractivity contribution in [2.45, 2.75) is 71.7 Å². The monoisotopic (exact) mass is 660 g/mol. The molecule has 12 nitrogen and oxygen atoms in total. The Labute approximate surface area is 277 Å². The van der Waals surface area contributed by atoms with Crippen LogP contribution >= 0.6 is 0 Å². The molecule has 3 unspecified atom stereocenters. The fourth-order valence-corrected chi connectivity index (χ4v) is 4.00. The fourth-order valence-electron chi connectivity index (χ4n) is 4.00. The number of aromatic hydroxyl groups is 2. The SMILES string of the molecule is C=C(C#CC1=CC(OC(C)=O)C(O)C(OC(=O)C(C)=CCCC(=C)C#Cc2cc(OC(C)=O)cc(O)c2O)C1=O)CCC=C(C)C(=O)O. The van der Waals surface area contributed by atoms with Gasteiger partial charge in [-0.25, -0.2) is 9.59 Å². The lowest BCUT2D eigenvalue weighted by atomic mass is 9.90. The van der Waals surface area contributed by atoms with Crippen molar-refractivity contribution in [2.24, 2.45) is 0 Å². The second-order valence-corrected chi connectivity index (χ2v) is 10.6. The quantitative estimate of drug-likeness (QED) is 0.0885. The van der Waals surface area contributed by atoms with Gasteiger partial charge in [-0.3, -0.25) is 14.4 Å². The summed E-state index contributed by atoms with van der Waals surface area (Å²) in [6.07, 6.45) is 0.586. The molecule has 1 aliphatic rings. The van der Waals surface area contributed by atoms with Crippen molar-refractivity contribution < 1.29 is 58.6 Å². The van der Waals surface area contributed by atoms with Gasteiger partial charge in [0.15, 0.2) is 23.7 Å². The number of phenols is 2. The number of ketones is 1. The van der Waals surface area contributed by atoms with E-state index in [1.807, 2.05) is 0 Å². The van der Waals surface area contributed by atoms with E-state index in [2.05, 4.69) is 36.8 Å². The van der Waals surface area contributed by atoms with Crippen LogP contribution in [-0.4, -0.2) is 68.4 Å². The number of rotatable bonds is 11. The summed E-state index contributed by atoms with van der Waals surface area (Å²) in [6.45, 7) is 12.8. The first-order chi connectivity index (χ1) is 22.5. The van der Waals surface area contributed by atoms with Gasteiger partial charge in [0.25, 0.3) is 0 Å². The minimum atomic E-state index is -1.73. The Bertz CT molecular complexity index is 1730. The molecule has 0 aliphatic heterocycles. The molecule has 252 valence electrons. The van der Waals surface area contributed by atoms with E-state index in [4.69, 9.17) is 19.3 Å². The number of aliphatic carboxylic acids is 1. The predicted octanol–water partition coefficient (Wildman–Crippen LogP) is 3.74. The molecule has 1 aromatic rings. The highest BCUT2D eigenvalue weighted by atomic mass is 16.6. The summed E-state index contributed by atoms with van der Waals surface area (Å²) in [5, 5.41) is 39.6. The average Bonchev–Trinajstić information content (AvgIpc) is 3.00. The van der Waals surface area contributed by atoms with Gasteiger partial charge in [0.05, 0.1) is 11.1 Å². The van der Waals surface area contributed by atoms with E-state index in [0.29, 0.717) is 24.0 Å². The first kappa shape index (κ1) is 38.3. The van der Waals surface area contributed by atoms with Crippen molar-refractivity contribution in [3.8, 4) is 40.9 Å². The summed E-state index contributed by atoms with van der Waals surface area (Å²) >= 11 is 0. The number of Topliss-reactive ketones (excluding diaryl/α,β-unsaturated/α-hetero) is 1. The van der Waals surface area contributed by atoms with Crippen LogP contribution in [0.25, 0.3) is 0 Å². The smallest absolute Gasteiger partial charge is 0.334 e. The number of esters is 3. The van der Waals surface area contributed by atoms with Gasteiger partial charge in [0, 0.05) is 37.1 Å². The molecule has 12 heteroatoms. The number of benzene rings is 1. The second kappa shape index (κ2) is 17.7. The summed E-state index contributed by atoms with van der Waals surface area (Å²) in [5.41, 5.74) is 0.867. The maximum atomic E-state index is 13.2. The van der Waals surface area contributed by atoms with Crippen LogP contribution in [0.15, 0.2) is 71.4 Å².